The van der Waals surface area contributed by atoms with E-state index in [1.54, 1.807) is 32.9 Å². The fourth-order valence-corrected chi connectivity index (χ4v) is 5.28. The van der Waals surface area contributed by atoms with Crippen LogP contribution < -0.4 is 11.1 Å². The van der Waals surface area contributed by atoms with E-state index in [-0.39, 0.29) is 21.9 Å². The van der Waals surface area contributed by atoms with Gasteiger partial charge in [0.25, 0.3) is 11.1 Å². The van der Waals surface area contributed by atoms with E-state index < -0.39 is 22.8 Å². The molecule has 3 aromatic heterocycles. The Hall–Kier alpha value is -4.85. The van der Waals surface area contributed by atoms with Crippen LogP contribution >= 0.6 is 0 Å². The first kappa shape index (κ1) is 22.4. The fraction of sp³-hybridized carbons (Fsp3) is 0.167. The third-order valence-corrected chi connectivity index (χ3v) is 6.87. The highest BCUT2D eigenvalue weighted by molar-refractivity contribution is 6.31. The molecule has 0 atom stereocenters. The highest BCUT2D eigenvalue weighted by Crippen LogP contribution is 2.41. The first-order chi connectivity index (χ1) is 18.1. The second kappa shape index (κ2) is 7.35. The molecule has 0 fully saturated rings. The van der Waals surface area contributed by atoms with Crippen LogP contribution in [0.4, 0.5) is 4.79 Å². The molecule has 0 unspecified atom stereocenters. The first-order valence-electron chi connectivity index (χ1n) is 12.2. The number of rotatable bonds is 0. The lowest BCUT2D eigenvalue weighted by Crippen LogP contribution is -2.27. The Kier molecular flexibility index (Phi) is 4.32. The zero-order valence-electron chi connectivity index (χ0n) is 21.1. The summed E-state index contributed by atoms with van der Waals surface area (Å²) in [7, 11) is 1.43. The molecule has 0 aliphatic heterocycles. The molecule has 3 heterocycles. The van der Waals surface area contributed by atoms with Crippen molar-refractivity contribution in [2.75, 3.05) is 0 Å². The maximum Gasteiger partial charge on any atom is 0.419 e. The molecule has 4 aromatic carbocycles. The van der Waals surface area contributed by atoms with Crippen LogP contribution in [0.15, 0.2) is 79.1 Å². The minimum atomic E-state index is -0.777. The van der Waals surface area contributed by atoms with Gasteiger partial charge in [-0.3, -0.25) is 14.2 Å². The van der Waals surface area contributed by atoms with Gasteiger partial charge in [-0.25, -0.2) is 9.36 Å². The molecule has 0 aliphatic rings. The van der Waals surface area contributed by atoms with Crippen LogP contribution in [0.5, 0.6) is 0 Å². The van der Waals surface area contributed by atoms with Gasteiger partial charge in [0.2, 0.25) is 0 Å². The summed E-state index contributed by atoms with van der Waals surface area (Å²) < 4.78 is 21.0. The second-order valence-corrected chi connectivity index (χ2v) is 10.5. The predicted molar refractivity (Wildman–Crippen MR) is 147 cm³/mol. The number of aromatic nitrogens is 2. The fourth-order valence-electron chi connectivity index (χ4n) is 5.28. The quantitative estimate of drug-likeness (QED) is 0.220. The largest absolute Gasteiger partial charge is 0.449 e. The molecule has 188 valence electrons. The molecule has 0 aliphatic carbocycles. The molecule has 0 bridgehead atoms. The lowest BCUT2D eigenvalue weighted by atomic mass is 10.1. The van der Waals surface area contributed by atoms with Gasteiger partial charge in [0, 0.05) is 17.8 Å². The van der Waals surface area contributed by atoms with E-state index in [1.807, 2.05) is 48.5 Å². The smallest absolute Gasteiger partial charge is 0.419 e. The van der Waals surface area contributed by atoms with Crippen molar-refractivity contribution in [3.63, 3.8) is 0 Å². The maximum atomic E-state index is 13.6. The standard InChI is InChI=1S/C30H22N2O6/c1-30(2,3)38-29(35)32-18-12-8-7-11-17(18)21-22-23(28(34)31(4)27(22)33)25-26(24(21)32)37-20-14-16-10-6-5-9-15(16)13-19(20)36-25/h5-14H,1-4H3. The molecule has 0 N–H and O–H groups in total. The van der Waals surface area contributed by atoms with Crippen molar-refractivity contribution >= 4 is 71.8 Å². The summed E-state index contributed by atoms with van der Waals surface area (Å²) in [5.74, 6) is 0. The van der Waals surface area contributed by atoms with E-state index in [9.17, 15) is 14.4 Å². The van der Waals surface area contributed by atoms with E-state index in [1.165, 1.54) is 11.6 Å². The Bertz CT molecular complexity index is 2270. The third-order valence-electron chi connectivity index (χ3n) is 6.87. The van der Waals surface area contributed by atoms with Crippen molar-refractivity contribution in [3.8, 4) is 0 Å². The van der Waals surface area contributed by atoms with Gasteiger partial charge in [-0.15, -0.1) is 0 Å². The molecular formula is C30H22N2O6. The second-order valence-electron chi connectivity index (χ2n) is 10.5. The Morgan fingerprint density at radius 1 is 0.789 bits per heavy atom. The van der Waals surface area contributed by atoms with Crippen LogP contribution in [-0.4, -0.2) is 20.8 Å². The highest BCUT2D eigenvalue weighted by Gasteiger charge is 2.30. The van der Waals surface area contributed by atoms with Gasteiger partial charge < -0.3 is 13.6 Å². The van der Waals surface area contributed by atoms with Crippen LogP contribution in [0.1, 0.15) is 20.8 Å². The normalized spacial score (nSPS) is 12.5. The number of fused-ring (bicyclic) bond motifs is 10. The summed E-state index contributed by atoms with van der Waals surface area (Å²) in [4.78, 5) is 40.5. The van der Waals surface area contributed by atoms with Crippen molar-refractivity contribution in [2.24, 2.45) is 7.05 Å². The maximum absolute atomic E-state index is 13.6. The number of carbonyl (C=O) groups excluding carboxylic acids is 1. The summed E-state index contributed by atoms with van der Waals surface area (Å²) >= 11 is 0. The zero-order valence-corrected chi connectivity index (χ0v) is 21.1. The summed E-state index contributed by atoms with van der Waals surface area (Å²) in [6.07, 6.45) is -0.635. The summed E-state index contributed by atoms with van der Waals surface area (Å²) in [6, 6.07) is 18.6. The number of ether oxygens (including phenoxy) is 1. The Balaban J connectivity index is 1.80. The number of nitrogens with zero attached hydrogens (tertiary/aromatic N) is 2. The summed E-state index contributed by atoms with van der Waals surface area (Å²) in [5.41, 5.74) is 0.213. The molecule has 38 heavy (non-hydrogen) atoms. The van der Waals surface area contributed by atoms with Gasteiger partial charge in [0.1, 0.15) is 16.5 Å². The molecule has 0 saturated heterocycles. The topological polar surface area (TPSA) is 96.6 Å². The molecule has 0 saturated carbocycles. The summed E-state index contributed by atoms with van der Waals surface area (Å²) in [6.45, 7) is 5.35. The van der Waals surface area contributed by atoms with Crippen molar-refractivity contribution < 1.29 is 18.4 Å². The van der Waals surface area contributed by atoms with E-state index in [2.05, 4.69) is 0 Å². The molecule has 8 heteroatoms. The minimum Gasteiger partial charge on any atom is -0.449 e. The molecular weight excluding hydrogens is 484 g/mol. The van der Waals surface area contributed by atoms with E-state index >= 15 is 0 Å². The van der Waals surface area contributed by atoms with Crippen molar-refractivity contribution in [1.82, 2.24) is 9.13 Å². The van der Waals surface area contributed by atoms with Gasteiger partial charge in [-0.05, 0) is 49.7 Å². The number of para-hydroxylation sites is 1. The van der Waals surface area contributed by atoms with Gasteiger partial charge in [0.05, 0.1) is 10.9 Å². The van der Waals surface area contributed by atoms with Crippen molar-refractivity contribution in [1.29, 1.82) is 0 Å². The number of hydrogen-bond acceptors (Lipinski definition) is 6. The van der Waals surface area contributed by atoms with Crippen molar-refractivity contribution in [2.45, 2.75) is 26.4 Å². The lowest BCUT2D eigenvalue weighted by molar-refractivity contribution is 0.0551. The predicted octanol–water partition coefficient (Wildman–Crippen LogP) is 6.44. The third kappa shape index (κ3) is 2.94. The summed E-state index contributed by atoms with van der Waals surface area (Å²) in [5, 5.41) is 3.23. The molecule has 7 aromatic rings. The van der Waals surface area contributed by atoms with Crippen LogP contribution in [-0.2, 0) is 11.8 Å². The molecule has 0 spiro atoms. The Labute approximate surface area is 214 Å². The Morgan fingerprint density at radius 3 is 2.03 bits per heavy atom. The zero-order chi connectivity index (χ0) is 26.5. The molecule has 0 amide bonds. The lowest BCUT2D eigenvalue weighted by Gasteiger charge is -2.20. The van der Waals surface area contributed by atoms with Crippen LogP contribution in [0.25, 0.3) is 65.7 Å². The van der Waals surface area contributed by atoms with E-state index in [4.69, 9.17) is 13.6 Å². The molecule has 0 radical (unpaired) electrons. The Morgan fingerprint density at radius 2 is 1.37 bits per heavy atom. The number of carbonyl (C=O) groups is 1. The highest BCUT2D eigenvalue weighted by atomic mass is 16.6. The van der Waals surface area contributed by atoms with E-state index in [0.717, 1.165) is 15.3 Å². The first-order valence-corrected chi connectivity index (χ1v) is 12.2. The average molecular weight is 507 g/mol. The minimum absolute atomic E-state index is 0.102. The van der Waals surface area contributed by atoms with E-state index in [0.29, 0.717) is 33.0 Å². The van der Waals surface area contributed by atoms with Gasteiger partial charge in [0.15, 0.2) is 22.3 Å². The van der Waals surface area contributed by atoms with Gasteiger partial charge in [-0.2, -0.15) is 0 Å². The number of hydrogen-bond donors (Lipinski definition) is 0. The van der Waals surface area contributed by atoms with Crippen LogP contribution in [0.2, 0.25) is 0 Å². The van der Waals surface area contributed by atoms with Crippen LogP contribution in [0, 0.1) is 0 Å². The van der Waals surface area contributed by atoms with Gasteiger partial charge >= 0.3 is 6.09 Å². The molecule has 7 rings (SSSR count). The van der Waals surface area contributed by atoms with Gasteiger partial charge in [-0.1, -0.05) is 42.5 Å². The molecule has 8 nitrogen and oxygen atoms in total. The average Bonchev–Trinajstić information content (AvgIpc) is 3.33. The van der Waals surface area contributed by atoms with Crippen LogP contribution in [0.3, 0.4) is 0 Å². The number of benzene rings is 4. The SMILES string of the molecule is Cn1c(=O)c2c3oc4cc5ccccc5cc4oc3c3c(c4ccccc4n3C(=O)OC(C)(C)C)c2c1=O. The van der Waals surface area contributed by atoms with Crippen molar-refractivity contribution in [3.05, 3.63) is 81.4 Å². The monoisotopic (exact) mass is 506 g/mol.